The topological polar surface area (TPSA) is 43.4 Å². The van der Waals surface area contributed by atoms with Crippen molar-refractivity contribution >= 4 is 20.4 Å². The molecule has 0 aliphatic heterocycles. The van der Waals surface area contributed by atoms with E-state index in [0.717, 1.165) is 5.56 Å². The van der Waals surface area contributed by atoms with Crippen LogP contribution in [0.4, 0.5) is 26.3 Å². The summed E-state index contributed by atoms with van der Waals surface area (Å²) in [6.07, 6.45) is -10.5. The van der Waals surface area contributed by atoms with Crippen LogP contribution in [0.25, 0.3) is 0 Å². The second kappa shape index (κ2) is 10.8. The van der Waals surface area contributed by atoms with Gasteiger partial charge in [0.25, 0.3) is 0 Å². The van der Waals surface area contributed by atoms with Crippen LogP contribution in [-0.4, -0.2) is 8.42 Å². The van der Waals surface area contributed by atoms with E-state index in [2.05, 4.69) is 0 Å². The van der Waals surface area contributed by atoms with Crippen molar-refractivity contribution in [3.05, 3.63) is 120 Å². The maximum Gasteiger partial charge on any atom is 0.416 e. The summed E-state index contributed by atoms with van der Waals surface area (Å²) in [6.45, 7) is 5.97. The Balaban J connectivity index is 2.03. The summed E-state index contributed by atoms with van der Waals surface area (Å²) in [5, 5.41) is 0. The predicted octanol–water partition coefficient (Wildman–Crippen LogP) is 9.62. The van der Waals surface area contributed by atoms with Crippen LogP contribution in [-0.2, 0) is 31.5 Å². The van der Waals surface area contributed by atoms with E-state index in [9.17, 15) is 34.8 Å². The van der Waals surface area contributed by atoms with Crippen LogP contribution in [0.3, 0.4) is 0 Å². The zero-order valence-corrected chi connectivity index (χ0v) is 23.8. The van der Waals surface area contributed by atoms with Crippen molar-refractivity contribution < 1.29 is 38.4 Å². The third kappa shape index (κ3) is 6.47. The van der Waals surface area contributed by atoms with Gasteiger partial charge in [-0.25, -0.2) is 3.63 Å². The maximum absolute atomic E-state index is 13.8. The van der Waals surface area contributed by atoms with Gasteiger partial charge in [-0.2, -0.15) is 34.8 Å². The molecular weight excluding hydrogens is 586 g/mol. The number of hydrogen-bond acceptors (Lipinski definition) is 3. The van der Waals surface area contributed by atoms with E-state index in [1.54, 1.807) is 84.9 Å². The monoisotopic (exact) mass is 612 g/mol. The quantitative estimate of drug-likeness (QED) is 0.204. The molecule has 0 atom stereocenters. The van der Waals surface area contributed by atoms with Crippen LogP contribution >= 0.6 is 10.3 Å². The van der Waals surface area contributed by atoms with Crippen molar-refractivity contribution in [3.8, 4) is 0 Å². The van der Waals surface area contributed by atoms with Crippen LogP contribution in [0.2, 0.25) is 0 Å². The molecule has 0 fully saturated rings. The number of rotatable bonds is 6. The van der Waals surface area contributed by atoms with Gasteiger partial charge in [0.15, 0.2) is 0 Å². The fourth-order valence-electron chi connectivity index (χ4n) is 4.14. The zero-order valence-electron chi connectivity index (χ0n) is 22.1. The molecule has 218 valence electrons. The molecule has 4 aromatic carbocycles. The van der Waals surface area contributed by atoms with E-state index in [1.807, 2.05) is 20.8 Å². The first-order valence-corrected chi connectivity index (χ1v) is 15.2. The van der Waals surface area contributed by atoms with Crippen molar-refractivity contribution in [2.75, 3.05) is 0 Å². The number of benzene rings is 4. The van der Waals surface area contributed by atoms with E-state index < -0.39 is 48.8 Å². The molecule has 0 aliphatic carbocycles. The Labute approximate surface area is 236 Å². The lowest BCUT2D eigenvalue weighted by Gasteiger charge is -2.39. The van der Waals surface area contributed by atoms with Gasteiger partial charge in [-0.3, -0.25) is 0 Å². The molecule has 0 N–H and O–H groups in total. The number of halogens is 6. The van der Waals surface area contributed by atoms with Gasteiger partial charge in [-0.05, 0) is 75.9 Å². The molecule has 0 aromatic heterocycles. The Kier molecular flexibility index (Phi) is 8.12. The molecular formula is C30H26F6O3S2. The Bertz CT molecular complexity index is 1540. The van der Waals surface area contributed by atoms with Gasteiger partial charge >= 0.3 is 22.5 Å². The van der Waals surface area contributed by atoms with Gasteiger partial charge in [-0.15, -0.1) is 0 Å². The van der Waals surface area contributed by atoms with Crippen LogP contribution in [0.1, 0.15) is 37.5 Å². The second-order valence-corrected chi connectivity index (χ2v) is 14.7. The fourth-order valence-corrected chi connectivity index (χ4v) is 9.43. The first-order chi connectivity index (χ1) is 18.9. The summed E-state index contributed by atoms with van der Waals surface area (Å²) in [7, 11) is -8.48. The minimum atomic E-state index is -5.24. The highest BCUT2D eigenvalue weighted by Gasteiger charge is 2.42. The van der Waals surface area contributed by atoms with Crippen LogP contribution in [0, 0.1) is 0 Å². The third-order valence-electron chi connectivity index (χ3n) is 6.24. The number of hydrogen-bond donors (Lipinski definition) is 0. The van der Waals surface area contributed by atoms with Crippen LogP contribution < -0.4 is 0 Å². The molecule has 11 heteroatoms. The summed E-state index contributed by atoms with van der Waals surface area (Å²) in [4.78, 5) is -0.119. The zero-order chi connectivity index (χ0) is 30.3. The van der Waals surface area contributed by atoms with Gasteiger partial charge in [0, 0.05) is 14.7 Å². The van der Waals surface area contributed by atoms with E-state index >= 15 is 0 Å². The highest BCUT2D eigenvalue weighted by atomic mass is 32.3. The molecule has 0 unspecified atom stereocenters. The molecule has 3 nitrogen and oxygen atoms in total. The maximum atomic E-state index is 13.8. The molecule has 0 saturated carbocycles. The molecule has 41 heavy (non-hydrogen) atoms. The SMILES string of the molecule is CC(C)(C)c1ccc(S(OS(=O)(=O)c2cc(C(F)(F)F)cc(C(F)(F)F)c2)(c2ccccc2)c2ccccc2)cc1. The van der Waals surface area contributed by atoms with Crippen molar-refractivity contribution in [2.45, 2.75) is 58.1 Å². The van der Waals surface area contributed by atoms with Crippen molar-refractivity contribution in [1.29, 1.82) is 0 Å². The minimum absolute atomic E-state index is 0.126. The Morgan fingerprint density at radius 3 is 1.27 bits per heavy atom. The highest BCUT2D eigenvalue weighted by Crippen LogP contribution is 2.70. The second-order valence-electron chi connectivity index (χ2n) is 10.2. The molecule has 0 radical (unpaired) electrons. The molecule has 0 bridgehead atoms. The molecule has 0 heterocycles. The summed E-state index contributed by atoms with van der Waals surface area (Å²) < 4.78 is 115. The van der Waals surface area contributed by atoms with E-state index in [4.69, 9.17) is 3.63 Å². The van der Waals surface area contributed by atoms with Crippen LogP contribution in [0.15, 0.2) is 123 Å². The summed E-state index contributed by atoms with van der Waals surface area (Å²) in [6, 6.07) is 23.6. The Morgan fingerprint density at radius 1 is 0.512 bits per heavy atom. The van der Waals surface area contributed by atoms with Gasteiger partial charge in [0.05, 0.1) is 16.0 Å². The van der Waals surface area contributed by atoms with Crippen molar-refractivity contribution in [1.82, 2.24) is 0 Å². The predicted molar refractivity (Wildman–Crippen MR) is 145 cm³/mol. The molecule has 0 saturated heterocycles. The van der Waals surface area contributed by atoms with E-state index in [-0.39, 0.29) is 23.6 Å². The summed E-state index contributed by atoms with van der Waals surface area (Å²) in [5.74, 6) is 0. The van der Waals surface area contributed by atoms with Gasteiger partial charge in [0.2, 0.25) is 0 Å². The lowest BCUT2D eigenvalue weighted by atomic mass is 9.87. The lowest BCUT2D eigenvalue weighted by Crippen LogP contribution is -2.18. The molecule has 0 amide bonds. The fraction of sp³-hybridized carbons (Fsp3) is 0.200. The van der Waals surface area contributed by atoms with Crippen molar-refractivity contribution in [2.24, 2.45) is 0 Å². The average molecular weight is 613 g/mol. The Morgan fingerprint density at radius 2 is 0.902 bits per heavy atom. The Hall–Kier alpha value is -3.28. The van der Waals surface area contributed by atoms with Gasteiger partial charge in [-0.1, -0.05) is 69.3 Å². The summed E-state index contributed by atoms with van der Waals surface area (Å²) >= 11 is 0. The first kappa shape index (κ1) is 30.7. The molecule has 0 spiro atoms. The van der Waals surface area contributed by atoms with Gasteiger partial charge < -0.3 is 0 Å². The van der Waals surface area contributed by atoms with E-state index in [0.29, 0.717) is 14.7 Å². The molecule has 0 aliphatic rings. The minimum Gasteiger partial charge on any atom is -0.203 e. The van der Waals surface area contributed by atoms with Gasteiger partial charge in [0.1, 0.15) is 0 Å². The smallest absolute Gasteiger partial charge is 0.203 e. The lowest BCUT2D eigenvalue weighted by molar-refractivity contribution is -0.143. The molecule has 4 rings (SSSR count). The first-order valence-electron chi connectivity index (χ1n) is 12.2. The normalized spacial score (nSPS) is 13.7. The third-order valence-corrected chi connectivity index (χ3v) is 11.4. The summed E-state index contributed by atoms with van der Waals surface area (Å²) in [5.41, 5.74) is -2.85. The van der Waals surface area contributed by atoms with E-state index in [1.165, 1.54) is 0 Å². The average Bonchev–Trinajstić information content (AvgIpc) is 2.91. The van der Waals surface area contributed by atoms with Crippen molar-refractivity contribution in [3.63, 3.8) is 0 Å². The number of alkyl halides is 6. The standard InChI is InChI=1S/C30H26F6O3S2/c1-28(2,3)21-14-16-26(17-15-21)40(24-10-6-4-7-11-24,25-12-8-5-9-13-25)39-41(37,38)27-19-22(29(31,32)33)18-23(20-27)30(34,35)36/h4-20H,1-3H3. The van der Waals surface area contributed by atoms with Crippen LogP contribution in [0.5, 0.6) is 0 Å². The molecule has 4 aromatic rings. The largest absolute Gasteiger partial charge is 0.416 e. The highest BCUT2D eigenvalue weighted by molar-refractivity contribution is 8.33.